The molecule has 1 aliphatic rings. The number of amides is 1. The van der Waals surface area contributed by atoms with Gasteiger partial charge >= 0.3 is 0 Å². The van der Waals surface area contributed by atoms with Crippen LogP contribution in [0.4, 0.5) is 17.2 Å². The highest BCUT2D eigenvalue weighted by Crippen LogP contribution is 2.24. The summed E-state index contributed by atoms with van der Waals surface area (Å²) in [5.41, 5.74) is 3.02. The van der Waals surface area contributed by atoms with Crippen LogP contribution in [0.3, 0.4) is 0 Å². The zero-order valence-electron chi connectivity index (χ0n) is 19.6. The first-order chi connectivity index (χ1) is 17.0. The zero-order valence-corrected chi connectivity index (χ0v) is 19.6. The lowest BCUT2D eigenvalue weighted by Gasteiger charge is -2.35. The largest absolute Gasteiger partial charge is 0.385 e. The van der Waals surface area contributed by atoms with Crippen LogP contribution in [0, 0.1) is 6.92 Å². The normalized spacial score (nSPS) is 17.1. The van der Waals surface area contributed by atoms with Crippen LogP contribution >= 0.6 is 0 Å². The molecule has 0 radical (unpaired) electrons. The average molecular weight is 475 g/mol. The topological polar surface area (TPSA) is 127 Å². The van der Waals surface area contributed by atoms with Crippen LogP contribution in [0.15, 0.2) is 53.7 Å². The summed E-state index contributed by atoms with van der Waals surface area (Å²) in [6.45, 7) is 1.89. The average Bonchev–Trinajstić information content (AvgIpc) is 3.27. The van der Waals surface area contributed by atoms with Gasteiger partial charge in [-0.25, -0.2) is 9.50 Å². The fourth-order valence-electron chi connectivity index (χ4n) is 4.06. The van der Waals surface area contributed by atoms with Crippen molar-refractivity contribution in [1.82, 2.24) is 29.5 Å². The molecule has 0 spiro atoms. The highest BCUT2D eigenvalue weighted by atomic mass is 16.5. The number of aromatic nitrogens is 5. The van der Waals surface area contributed by atoms with Crippen molar-refractivity contribution in [1.29, 1.82) is 0 Å². The number of carbonyl (C=O) groups excluding carboxylic acids is 1. The number of nitrogens with zero attached hydrogens (tertiary/aromatic N) is 5. The maximum atomic E-state index is 13.2. The van der Waals surface area contributed by atoms with E-state index in [1.165, 1.54) is 15.3 Å². The minimum absolute atomic E-state index is 0.0140. The minimum atomic E-state index is -0.287. The SMILES string of the molecule is CNc1cc(Nc2cccn(-c3ccc(C)nc3)c2=O)nn2c(C(=O)N[C@@H]3CC[C@H]3OC)cnc12. The van der Waals surface area contributed by atoms with Gasteiger partial charge in [0.2, 0.25) is 0 Å². The minimum Gasteiger partial charge on any atom is -0.385 e. The lowest BCUT2D eigenvalue weighted by Crippen LogP contribution is -2.51. The molecule has 35 heavy (non-hydrogen) atoms. The van der Waals surface area contributed by atoms with Gasteiger partial charge in [-0.1, -0.05) is 0 Å². The summed E-state index contributed by atoms with van der Waals surface area (Å²) in [6, 6.07) is 8.82. The Morgan fingerprint density at radius 1 is 1.14 bits per heavy atom. The Morgan fingerprint density at radius 2 is 2.00 bits per heavy atom. The molecule has 2 atom stereocenters. The van der Waals surface area contributed by atoms with Gasteiger partial charge in [-0.2, -0.15) is 0 Å². The van der Waals surface area contributed by atoms with Crippen molar-refractivity contribution in [3.63, 3.8) is 0 Å². The van der Waals surface area contributed by atoms with Gasteiger partial charge in [-0.3, -0.25) is 19.1 Å². The van der Waals surface area contributed by atoms with Crippen LogP contribution in [0.1, 0.15) is 29.0 Å². The van der Waals surface area contributed by atoms with E-state index in [1.54, 1.807) is 44.8 Å². The number of ether oxygens (including phenoxy) is 1. The van der Waals surface area contributed by atoms with Crippen LogP contribution in [-0.4, -0.2) is 56.4 Å². The van der Waals surface area contributed by atoms with Crippen LogP contribution in [0.5, 0.6) is 0 Å². The number of fused-ring (bicyclic) bond motifs is 1. The van der Waals surface area contributed by atoms with Crippen molar-refractivity contribution in [2.75, 3.05) is 24.8 Å². The maximum absolute atomic E-state index is 13.2. The van der Waals surface area contributed by atoms with Gasteiger partial charge in [0.1, 0.15) is 5.69 Å². The first-order valence-corrected chi connectivity index (χ1v) is 11.3. The highest BCUT2D eigenvalue weighted by molar-refractivity contribution is 5.94. The number of rotatable bonds is 7. The molecule has 3 N–H and O–H groups in total. The van der Waals surface area contributed by atoms with E-state index in [4.69, 9.17) is 4.74 Å². The van der Waals surface area contributed by atoms with E-state index in [-0.39, 0.29) is 29.3 Å². The number of pyridine rings is 2. The van der Waals surface area contributed by atoms with Crippen LogP contribution < -0.4 is 21.5 Å². The Balaban J connectivity index is 1.48. The zero-order chi connectivity index (χ0) is 24.5. The van der Waals surface area contributed by atoms with Crippen LogP contribution in [0.25, 0.3) is 11.3 Å². The van der Waals surface area contributed by atoms with Crippen molar-refractivity contribution in [3.8, 4) is 5.69 Å². The number of carbonyl (C=O) groups is 1. The van der Waals surface area contributed by atoms with Crippen molar-refractivity contribution in [2.24, 2.45) is 0 Å². The van der Waals surface area contributed by atoms with E-state index < -0.39 is 0 Å². The number of anilines is 3. The van der Waals surface area contributed by atoms with Crippen molar-refractivity contribution < 1.29 is 9.53 Å². The molecule has 0 aliphatic heterocycles. The van der Waals surface area contributed by atoms with Crippen LogP contribution in [-0.2, 0) is 4.74 Å². The molecule has 5 rings (SSSR count). The predicted molar refractivity (Wildman–Crippen MR) is 132 cm³/mol. The number of nitrogens with one attached hydrogen (secondary N) is 3. The Bertz CT molecular complexity index is 1440. The molecule has 0 unspecified atom stereocenters. The van der Waals surface area contributed by atoms with E-state index in [9.17, 15) is 9.59 Å². The molecule has 4 heterocycles. The summed E-state index contributed by atoms with van der Waals surface area (Å²) in [7, 11) is 3.40. The molecule has 1 amide bonds. The number of hydrogen-bond acceptors (Lipinski definition) is 8. The summed E-state index contributed by atoms with van der Waals surface area (Å²) in [4.78, 5) is 34.8. The highest BCUT2D eigenvalue weighted by Gasteiger charge is 2.33. The van der Waals surface area contributed by atoms with Gasteiger partial charge in [-0.15, -0.1) is 5.10 Å². The second-order valence-electron chi connectivity index (χ2n) is 8.38. The van der Waals surface area contributed by atoms with Crippen LogP contribution in [0.2, 0.25) is 0 Å². The van der Waals surface area contributed by atoms with Gasteiger partial charge in [0.25, 0.3) is 11.5 Å². The van der Waals surface area contributed by atoms with Crippen molar-refractivity contribution in [2.45, 2.75) is 31.9 Å². The summed E-state index contributed by atoms with van der Waals surface area (Å²) < 4.78 is 8.35. The summed E-state index contributed by atoms with van der Waals surface area (Å²) in [5, 5.41) is 13.7. The Labute approximate surface area is 201 Å². The third-order valence-corrected chi connectivity index (χ3v) is 6.18. The molecule has 1 fully saturated rings. The molecule has 11 nitrogen and oxygen atoms in total. The van der Waals surface area contributed by atoms with Crippen molar-refractivity contribution >= 4 is 28.7 Å². The standard InChI is InChI=1S/C24H26N8O3/c1-14-6-7-15(12-26-14)31-10-4-5-17(24(31)34)28-21-11-18(25-2)22-27-13-19(32(22)30-21)23(33)29-16-8-9-20(16)35-3/h4-7,10-13,16,20,25H,8-9H2,1-3H3,(H,28,30)(H,29,33)/t16-,20-/m1/s1. The first-order valence-electron chi connectivity index (χ1n) is 11.3. The van der Waals surface area contributed by atoms with E-state index >= 15 is 0 Å². The van der Waals surface area contributed by atoms with E-state index in [0.29, 0.717) is 28.5 Å². The lowest BCUT2D eigenvalue weighted by atomic mass is 9.89. The second-order valence-corrected chi connectivity index (χ2v) is 8.38. The number of aryl methyl sites for hydroxylation is 1. The van der Waals surface area contributed by atoms with Gasteiger partial charge < -0.3 is 20.7 Å². The maximum Gasteiger partial charge on any atom is 0.278 e. The molecule has 0 saturated heterocycles. The van der Waals surface area contributed by atoms with E-state index in [0.717, 1.165) is 18.5 Å². The molecule has 1 aliphatic carbocycles. The lowest BCUT2D eigenvalue weighted by molar-refractivity contribution is 0.00718. The summed E-state index contributed by atoms with van der Waals surface area (Å²) in [5.74, 6) is 0.0917. The molecule has 0 bridgehead atoms. The Hall–Kier alpha value is -4.25. The van der Waals surface area contributed by atoms with Gasteiger partial charge in [0, 0.05) is 32.1 Å². The molecule has 1 saturated carbocycles. The molecule has 180 valence electrons. The van der Waals surface area contributed by atoms with Gasteiger partial charge in [0.05, 0.1) is 35.9 Å². The fourth-order valence-corrected chi connectivity index (χ4v) is 4.06. The smallest absolute Gasteiger partial charge is 0.278 e. The summed E-state index contributed by atoms with van der Waals surface area (Å²) in [6.07, 6.45) is 6.61. The van der Waals surface area contributed by atoms with Gasteiger partial charge in [-0.05, 0) is 44.0 Å². The molecular formula is C24H26N8O3. The Kier molecular flexibility index (Phi) is 5.91. The number of hydrogen-bond donors (Lipinski definition) is 3. The third-order valence-electron chi connectivity index (χ3n) is 6.18. The molecular weight excluding hydrogens is 448 g/mol. The predicted octanol–water partition coefficient (Wildman–Crippen LogP) is 2.28. The molecule has 0 aromatic carbocycles. The molecule has 4 aromatic heterocycles. The van der Waals surface area contributed by atoms with Gasteiger partial charge in [0.15, 0.2) is 17.2 Å². The quantitative estimate of drug-likeness (QED) is 0.372. The third kappa shape index (κ3) is 4.21. The van der Waals surface area contributed by atoms with Crippen molar-refractivity contribution in [3.05, 3.63) is 70.7 Å². The van der Waals surface area contributed by atoms with E-state index in [2.05, 4.69) is 31.0 Å². The molecule has 4 aromatic rings. The first kappa shape index (κ1) is 22.5. The number of methoxy groups -OCH3 is 1. The fraction of sp³-hybridized carbons (Fsp3) is 0.292. The van der Waals surface area contributed by atoms with E-state index in [1.807, 2.05) is 19.1 Å². The molecule has 11 heteroatoms. The number of imidazole rings is 1. The monoisotopic (exact) mass is 474 g/mol. The summed E-state index contributed by atoms with van der Waals surface area (Å²) >= 11 is 0. The second kappa shape index (κ2) is 9.18. The Morgan fingerprint density at radius 3 is 2.69 bits per heavy atom.